The molecular formula is C16H24N2O. The van der Waals surface area contributed by atoms with Gasteiger partial charge in [-0.1, -0.05) is 13.8 Å². The van der Waals surface area contributed by atoms with Crippen molar-refractivity contribution in [2.75, 3.05) is 0 Å². The summed E-state index contributed by atoms with van der Waals surface area (Å²) in [5, 5.41) is 11.8. The monoisotopic (exact) mass is 260 g/mol. The van der Waals surface area contributed by atoms with Crippen molar-refractivity contribution in [2.24, 2.45) is 22.2 Å². The summed E-state index contributed by atoms with van der Waals surface area (Å²) in [5.74, 6) is 0.859. The second-order valence-electron chi connectivity index (χ2n) is 8.23. The van der Waals surface area contributed by atoms with Gasteiger partial charge in [-0.25, -0.2) is 0 Å². The standard InChI is InChI=1S/C16H24N2O/c1-11(7-17)18-13(19)16-6-12-4-14(2,9-16)8-15(3,5-12)10-16/h11-12H,4-6,8-10H2,1-3H3,(H,18,19). The summed E-state index contributed by atoms with van der Waals surface area (Å²) in [4.78, 5) is 12.7. The van der Waals surface area contributed by atoms with Crippen LogP contribution in [0.3, 0.4) is 0 Å². The maximum Gasteiger partial charge on any atom is 0.227 e. The highest BCUT2D eigenvalue weighted by Gasteiger charge is 2.62. The number of nitriles is 1. The first-order valence-corrected chi connectivity index (χ1v) is 7.49. The average Bonchev–Trinajstić information content (AvgIpc) is 2.23. The fraction of sp³-hybridized carbons (Fsp3) is 0.875. The molecular weight excluding hydrogens is 236 g/mol. The molecule has 0 radical (unpaired) electrons. The van der Waals surface area contributed by atoms with Crippen LogP contribution in [0.2, 0.25) is 0 Å². The van der Waals surface area contributed by atoms with Crippen molar-refractivity contribution in [1.29, 1.82) is 5.26 Å². The highest BCUT2D eigenvalue weighted by Crippen LogP contribution is 2.69. The first-order chi connectivity index (χ1) is 8.78. The fourth-order valence-corrected chi connectivity index (χ4v) is 6.08. The summed E-state index contributed by atoms with van der Waals surface area (Å²) in [5.41, 5.74) is 0.511. The molecule has 4 fully saturated rings. The molecule has 1 N–H and O–H groups in total. The van der Waals surface area contributed by atoms with Gasteiger partial charge in [0.2, 0.25) is 5.91 Å². The molecule has 0 heterocycles. The summed E-state index contributed by atoms with van der Waals surface area (Å²) >= 11 is 0. The first-order valence-electron chi connectivity index (χ1n) is 7.49. The minimum Gasteiger partial charge on any atom is -0.340 e. The molecule has 3 heteroatoms. The normalized spacial score (nSPS) is 48.6. The van der Waals surface area contributed by atoms with Crippen molar-refractivity contribution in [3.63, 3.8) is 0 Å². The minimum atomic E-state index is -0.374. The second-order valence-corrected chi connectivity index (χ2v) is 8.23. The van der Waals surface area contributed by atoms with Crippen LogP contribution >= 0.6 is 0 Å². The van der Waals surface area contributed by atoms with E-state index in [1.807, 2.05) is 0 Å². The lowest BCUT2D eigenvalue weighted by Crippen LogP contribution is -2.60. The van der Waals surface area contributed by atoms with Crippen molar-refractivity contribution in [3.8, 4) is 6.07 Å². The molecule has 4 bridgehead atoms. The number of nitrogens with one attached hydrogen (secondary N) is 1. The van der Waals surface area contributed by atoms with E-state index in [1.54, 1.807) is 6.92 Å². The molecule has 0 aromatic rings. The van der Waals surface area contributed by atoms with Gasteiger partial charge >= 0.3 is 0 Å². The number of rotatable bonds is 2. The lowest BCUT2D eigenvalue weighted by Gasteiger charge is -2.64. The third kappa shape index (κ3) is 1.96. The Bertz CT molecular complexity index is 446. The zero-order valence-electron chi connectivity index (χ0n) is 12.3. The summed E-state index contributed by atoms with van der Waals surface area (Å²) < 4.78 is 0. The van der Waals surface area contributed by atoms with Crippen LogP contribution in [0.25, 0.3) is 0 Å². The number of carbonyl (C=O) groups excluding carboxylic acids is 1. The van der Waals surface area contributed by atoms with Crippen LogP contribution in [-0.4, -0.2) is 11.9 Å². The van der Waals surface area contributed by atoms with Crippen molar-refractivity contribution in [3.05, 3.63) is 0 Å². The van der Waals surface area contributed by atoms with E-state index in [2.05, 4.69) is 25.2 Å². The van der Waals surface area contributed by atoms with Gasteiger partial charge in [-0.05, 0) is 62.2 Å². The quantitative estimate of drug-likeness (QED) is 0.829. The molecule has 1 amide bonds. The average molecular weight is 260 g/mol. The molecule has 0 aliphatic heterocycles. The van der Waals surface area contributed by atoms with Gasteiger partial charge in [-0.15, -0.1) is 0 Å². The number of amides is 1. The maximum absolute atomic E-state index is 12.7. The molecule has 3 unspecified atom stereocenters. The molecule has 3 atom stereocenters. The van der Waals surface area contributed by atoms with E-state index in [4.69, 9.17) is 5.26 Å². The lowest BCUT2D eigenvalue weighted by atomic mass is 9.40. The van der Waals surface area contributed by atoms with E-state index < -0.39 is 0 Å². The molecule has 19 heavy (non-hydrogen) atoms. The van der Waals surface area contributed by atoms with Crippen LogP contribution in [0.15, 0.2) is 0 Å². The van der Waals surface area contributed by atoms with Gasteiger partial charge in [0, 0.05) is 0 Å². The zero-order chi connectivity index (χ0) is 13.9. The molecule has 4 aliphatic carbocycles. The first kappa shape index (κ1) is 13.0. The highest BCUT2D eigenvalue weighted by atomic mass is 16.2. The Hall–Kier alpha value is -1.04. The third-order valence-corrected chi connectivity index (χ3v) is 5.65. The molecule has 104 valence electrons. The predicted octanol–water partition coefficient (Wildman–Crippen LogP) is 3.01. The second kappa shape index (κ2) is 3.75. The molecule has 0 aromatic heterocycles. The van der Waals surface area contributed by atoms with E-state index >= 15 is 0 Å². The van der Waals surface area contributed by atoms with Crippen molar-refractivity contribution in [2.45, 2.75) is 65.3 Å². The molecule has 0 spiro atoms. The Balaban J connectivity index is 1.88. The highest BCUT2D eigenvalue weighted by molar-refractivity contribution is 5.84. The summed E-state index contributed by atoms with van der Waals surface area (Å²) in [6.07, 6.45) is 6.96. The predicted molar refractivity (Wildman–Crippen MR) is 73.1 cm³/mol. The number of hydrogen-bond donors (Lipinski definition) is 1. The molecule has 0 aromatic carbocycles. The molecule has 4 aliphatic rings. The summed E-state index contributed by atoms with van der Waals surface area (Å²) in [6, 6.07) is 1.74. The fourth-order valence-electron chi connectivity index (χ4n) is 6.08. The van der Waals surface area contributed by atoms with Gasteiger partial charge in [0.1, 0.15) is 6.04 Å². The van der Waals surface area contributed by atoms with Crippen LogP contribution in [0, 0.1) is 33.5 Å². The van der Waals surface area contributed by atoms with Crippen molar-refractivity contribution >= 4 is 5.91 Å². The summed E-state index contributed by atoms with van der Waals surface area (Å²) in [6.45, 7) is 6.50. The minimum absolute atomic E-state index is 0.142. The molecule has 4 rings (SSSR count). The van der Waals surface area contributed by atoms with Gasteiger partial charge in [0.05, 0.1) is 11.5 Å². The van der Waals surface area contributed by atoms with Gasteiger partial charge in [-0.2, -0.15) is 5.26 Å². The maximum atomic E-state index is 12.7. The molecule has 0 saturated heterocycles. The van der Waals surface area contributed by atoms with E-state index in [0.717, 1.165) is 25.2 Å². The Kier molecular flexibility index (Phi) is 2.56. The van der Waals surface area contributed by atoms with E-state index in [0.29, 0.717) is 10.8 Å². The van der Waals surface area contributed by atoms with Crippen molar-refractivity contribution < 1.29 is 4.79 Å². The van der Waals surface area contributed by atoms with Gasteiger partial charge in [-0.3, -0.25) is 4.79 Å². The van der Waals surface area contributed by atoms with Crippen LogP contribution in [-0.2, 0) is 4.79 Å². The Morgan fingerprint density at radius 1 is 1.21 bits per heavy atom. The Morgan fingerprint density at radius 3 is 2.26 bits per heavy atom. The van der Waals surface area contributed by atoms with Crippen molar-refractivity contribution in [1.82, 2.24) is 5.32 Å². The van der Waals surface area contributed by atoms with E-state index in [9.17, 15) is 4.79 Å². The lowest BCUT2D eigenvalue weighted by molar-refractivity contribution is -0.170. The summed E-state index contributed by atoms with van der Waals surface area (Å²) in [7, 11) is 0. The number of nitrogens with zero attached hydrogens (tertiary/aromatic N) is 1. The van der Waals surface area contributed by atoms with E-state index in [1.165, 1.54) is 19.3 Å². The molecule has 3 nitrogen and oxygen atoms in total. The Labute approximate surface area is 115 Å². The smallest absolute Gasteiger partial charge is 0.227 e. The van der Waals surface area contributed by atoms with Crippen LogP contribution in [0.4, 0.5) is 0 Å². The SMILES string of the molecule is CC(C#N)NC(=O)C12CC3CC(C)(CC(C)(C3)C1)C2. The molecule has 4 saturated carbocycles. The van der Waals surface area contributed by atoms with Crippen LogP contribution < -0.4 is 5.32 Å². The van der Waals surface area contributed by atoms with Crippen LogP contribution in [0.5, 0.6) is 0 Å². The third-order valence-electron chi connectivity index (χ3n) is 5.65. The topological polar surface area (TPSA) is 52.9 Å². The largest absolute Gasteiger partial charge is 0.340 e. The van der Waals surface area contributed by atoms with Gasteiger partial charge < -0.3 is 5.32 Å². The van der Waals surface area contributed by atoms with E-state index in [-0.39, 0.29) is 17.4 Å². The number of hydrogen-bond acceptors (Lipinski definition) is 2. The Morgan fingerprint density at radius 2 is 1.79 bits per heavy atom. The zero-order valence-corrected chi connectivity index (χ0v) is 12.3. The van der Waals surface area contributed by atoms with Gasteiger partial charge in [0.15, 0.2) is 0 Å². The van der Waals surface area contributed by atoms with Gasteiger partial charge in [0.25, 0.3) is 0 Å². The number of carbonyl (C=O) groups is 1. The van der Waals surface area contributed by atoms with Crippen LogP contribution in [0.1, 0.15) is 59.3 Å².